The lowest BCUT2D eigenvalue weighted by Crippen LogP contribution is -1.99. The largest absolute Gasteiger partial charge is 0.284 e. The molecular weight excluding hydrogens is 334 g/mol. The summed E-state index contributed by atoms with van der Waals surface area (Å²) < 4.78 is 0.264. The highest BCUT2D eigenvalue weighted by Gasteiger charge is 2.18. The lowest BCUT2D eigenvalue weighted by Gasteiger charge is -2.00. The lowest BCUT2D eigenvalue weighted by atomic mass is 10.1. The molecule has 1 aromatic carbocycles. The fourth-order valence-corrected chi connectivity index (χ4v) is 1.78. The Balaban J connectivity index is 3.51. The van der Waals surface area contributed by atoms with Gasteiger partial charge in [-0.15, -0.1) is 0 Å². The highest BCUT2D eigenvalue weighted by atomic mass is 127. The van der Waals surface area contributed by atoms with Gasteiger partial charge in [-0.1, -0.05) is 0 Å². The Kier molecular flexibility index (Phi) is 3.60. The van der Waals surface area contributed by atoms with Crippen molar-refractivity contribution in [2.75, 3.05) is 0 Å². The molecule has 0 amide bonds. The summed E-state index contributed by atoms with van der Waals surface area (Å²) in [5.74, 6) is 0. The summed E-state index contributed by atoms with van der Waals surface area (Å²) in [4.78, 5) is 20.8. The molecule has 0 bridgehead atoms. The molecule has 1 aromatic rings. The third kappa shape index (κ3) is 2.43. The number of nitro benzene ring substituents is 1. The Labute approximate surface area is 103 Å². The van der Waals surface area contributed by atoms with Gasteiger partial charge in [0.1, 0.15) is 6.07 Å². The van der Waals surface area contributed by atoms with Gasteiger partial charge in [-0.05, 0) is 40.3 Å². The summed E-state index contributed by atoms with van der Waals surface area (Å²) in [5.41, 5.74) is -0.329. The normalized spacial score (nSPS) is 9.40. The summed E-state index contributed by atoms with van der Waals surface area (Å²) in [5, 5.41) is 18.4. The minimum Gasteiger partial charge on any atom is -0.276 e. The predicted molar refractivity (Wildman–Crippen MR) is 60.7 cm³/mol. The molecule has 0 aliphatic rings. The molecule has 0 fully saturated rings. The van der Waals surface area contributed by atoms with Gasteiger partial charge in [-0.25, -0.2) is 0 Å². The number of carbonyl (C=O) groups excluding carboxylic acids is 1. The van der Waals surface area contributed by atoms with E-state index in [1.807, 2.05) is 0 Å². The molecule has 0 aliphatic carbocycles. The average molecular weight is 336 g/mol. The fraction of sp³-hybridized carbons (Fsp3) is 0. The van der Waals surface area contributed by atoms with Crippen LogP contribution in [0.1, 0.15) is 15.9 Å². The zero-order valence-corrected chi connectivity index (χ0v) is 9.94. The minimum atomic E-state index is -0.806. The average Bonchev–Trinajstić information content (AvgIpc) is 2.16. The van der Waals surface area contributed by atoms with E-state index in [2.05, 4.69) is 0 Å². The summed E-state index contributed by atoms with van der Waals surface area (Å²) in [6.07, 6.45) is 0. The van der Waals surface area contributed by atoms with Crippen LogP contribution in [0.2, 0.25) is 0 Å². The van der Waals surface area contributed by atoms with Crippen molar-refractivity contribution in [3.05, 3.63) is 36.9 Å². The molecule has 0 atom stereocenters. The molecule has 0 N–H and O–H groups in total. The van der Waals surface area contributed by atoms with E-state index in [0.29, 0.717) is 0 Å². The molecule has 0 aromatic heterocycles. The van der Waals surface area contributed by atoms with Crippen LogP contribution in [-0.2, 0) is 0 Å². The zero-order valence-electron chi connectivity index (χ0n) is 7.03. The third-order valence-electron chi connectivity index (χ3n) is 1.62. The fourth-order valence-electron chi connectivity index (χ4n) is 0.957. The van der Waals surface area contributed by atoms with Gasteiger partial charge < -0.3 is 0 Å². The van der Waals surface area contributed by atoms with E-state index in [9.17, 15) is 14.9 Å². The number of halogens is 2. The van der Waals surface area contributed by atoms with Crippen LogP contribution in [0.15, 0.2) is 12.1 Å². The number of rotatable bonds is 2. The van der Waals surface area contributed by atoms with E-state index in [4.69, 9.17) is 16.9 Å². The van der Waals surface area contributed by atoms with Crippen LogP contribution in [0.4, 0.5) is 5.69 Å². The van der Waals surface area contributed by atoms with E-state index in [1.54, 1.807) is 28.7 Å². The maximum Gasteiger partial charge on any atom is 0.284 e. The Morgan fingerprint density at radius 1 is 1.60 bits per heavy atom. The Morgan fingerprint density at radius 3 is 2.60 bits per heavy atom. The van der Waals surface area contributed by atoms with Crippen LogP contribution in [-0.4, -0.2) is 10.2 Å². The lowest BCUT2D eigenvalue weighted by molar-refractivity contribution is -0.385. The molecule has 0 aliphatic heterocycles. The van der Waals surface area contributed by atoms with Crippen molar-refractivity contribution < 1.29 is 9.72 Å². The van der Waals surface area contributed by atoms with Crippen LogP contribution in [0.3, 0.4) is 0 Å². The van der Waals surface area contributed by atoms with Crippen LogP contribution in [0.25, 0.3) is 0 Å². The molecule has 1 rings (SSSR count). The number of nitriles is 1. The molecule has 0 saturated heterocycles. The molecule has 7 heteroatoms. The third-order valence-corrected chi connectivity index (χ3v) is 2.68. The Hall–Kier alpha value is -1.20. The second-order valence-electron chi connectivity index (χ2n) is 2.49. The monoisotopic (exact) mass is 336 g/mol. The Bertz CT molecular complexity index is 495. The number of hydrogen-bond donors (Lipinski definition) is 0. The summed E-state index contributed by atoms with van der Waals surface area (Å²) >= 11 is 6.93. The molecule has 5 nitrogen and oxygen atoms in total. The van der Waals surface area contributed by atoms with E-state index >= 15 is 0 Å². The van der Waals surface area contributed by atoms with Crippen molar-refractivity contribution in [1.29, 1.82) is 5.26 Å². The van der Waals surface area contributed by atoms with Gasteiger partial charge in [0.25, 0.3) is 10.9 Å². The second-order valence-corrected chi connectivity index (χ2v) is 4.00. The molecular formula is C8H2ClIN2O3. The number of carbonyl (C=O) groups is 1. The number of nitrogens with zero attached hydrogens (tertiary/aromatic N) is 2. The molecule has 0 saturated carbocycles. The van der Waals surface area contributed by atoms with Crippen molar-refractivity contribution in [1.82, 2.24) is 0 Å². The molecule has 0 spiro atoms. The van der Waals surface area contributed by atoms with Crippen molar-refractivity contribution in [3.8, 4) is 6.07 Å². The van der Waals surface area contributed by atoms with E-state index in [0.717, 1.165) is 6.07 Å². The Morgan fingerprint density at radius 2 is 2.20 bits per heavy atom. The highest BCUT2D eigenvalue weighted by molar-refractivity contribution is 14.1. The van der Waals surface area contributed by atoms with Gasteiger partial charge in [0.05, 0.1) is 19.6 Å². The van der Waals surface area contributed by atoms with E-state index < -0.39 is 10.2 Å². The maximum atomic E-state index is 10.9. The highest BCUT2D eigenvalue weighted by Crippen LogP contribution is 2.25. The predicted octanol–water partition coefficient (Wildman–Crippen LogP) is 2.45. The van der Waals surface area contributed by atoms with Gasteiger partial charge >= 0.3 is 0 Å². The first-order valence-corrected chi connectivity index (χ1v) is 5.01. The van der Waals surface area contributed by atoms with Crippen molar-refractivity contribution in [3.63, 3.8) is 0 Å². The van der Waals surface area contributed by atoms with Gasteiger partial charge in [-0.2, -0.15) is 5.26 Å². The van der Waals surface area contributed by atoms with Crippen molar-refractivity contribution in [2.24, 2.45) is 0 Å². The molecule has 15 heavy (non-hydrogen) atoms. The number of nitro groups is 1. The van der Waals surface area contributed by atoms with E-state index in [-0.39, 0.29) is 20.4 Å². The minimum absolute atomic E-state index is 0.0193. The first-order valence-electron chi connectivity index (χ1n) is 3.55. The SMILES string of the molecule is N#Cc1cc([N+](=O)[O-])c(I)cc1C(=O)Cl. The second kappa shape index (κ2) is 4.55. The first-order chi connectivity index (χ1) is 6.97. The van der Waals surface area contributed by atoms with Crippen LogP contribution in [0.5, 0.6) is 0 Å². The topological polar surface area (TPSA) is 84.0 Å². The molecule has 0 heterocycles. The standard InChI is InChI=1S/C8H2ClIN2O3/c9-8(13)5-2-6(10)7(12(14)15)1-4(5)3-11/h1-2H. The van der Waals surface area contributed by atoms with Crippen molar-refractivity contribution >= 4 is 45.1 Å². The summed E-state index contributed by atoms with van der Waals surface area (Å²) in [6, 6.07) is 3.95. The van der Waals surface area contributed by atoms with Gasteiger partial charge in [0, 0.05) is 6.07 Å². The van der Waals surface area contributed by atoms with Crippen LogP contribution >= 0.6 is 34.2 Å². The quantitative estimate of drug-likeness (QED) is 0.359. The number of benzene rings is 1. The van der Waals surface area contributed by atoms with E-state index in [1.165, 1.54) is 6.07 Å². The first kappa shape index (κ1) is 11.9. The van der Waals surface area contributed by atoms with Gasteiger partial charge in [0.15, 0.2) is 0 Å². The smallest absolute Gasteiger partial charge is 0.276 e. The molecule has 0 radical (unpaired) electrons. The van der Waals surface area contributed by atoms with Gasteiger partial charge in [-0.3, -0.25) is 14.9 Å². The van der Waals surface area contributed by atoms with Crippen LogP contribution < -0.4 is 0 Å². The van der Waals surface area contributed by atoms with Crippen molar-refractivity contribution in [2.45, 2.75) is 0 Å². The van der Waals surface area contributed by atoms with Crippen LogP contribution in [0, 0.1) is 25.0 Å². The maximum absolute atomic E-state index is 10.9. The van der Waals surface area contributed by atoms with Gasteiger partial charge in [0.2, 0.25) is 0 Å². The molecule has 0 unspecified atom stereocenters. The zero-order chi connectivity index (χ0) is 11.6. The molecule has 76 valence electrons. The summed E-state index contributed by atoms with van der Waals surface area (Å²) in [6.45, 7) is 0. The summed E-state index contributed by atoms with van der Waals surface area (Å²) in [7, 11) is 0. The number of hydrogen-bond acceptors (Lipinski definition) is 4.